The van der Waals surface area contributed by atoms with Gasteiger partial charge in [-0.2, -0.15) is 5.10 Å². The van der Waals surface area contributed by atoms with Crippen molar-refractivity contribution in [1.29, 1.82) is 0 Å². The highest BCUT2D eigenvalue weighted by atomic mass is 16.5. The van der Waals surface area contributed by atoms with E-state index in [9.17, 15) is 4.79 Å². The number of hydrazone groups is 1. The molecule has 6 heteroatoms. The lowest BCUT2D eigenvalue weighted by Crippen LogP contribution is -2.16. The molecule has 1 atom stereocenters. The van der Waals surface area contributed by atoms with Gasteiger partial charge in [-0.25, -0.2) is 10.2 Å². The van der Waals surface area contributed by atoms with Crippen LogP contribution in [0.25, 0.3) is 0 Å². The van der Waals surface area contributed by atoms with Gasteiger partial charge in [0.1, 0.15) is 17.6 Å². The molecule has 1 aliphatic heterocycles. The van der Waals surface area contributed by atoms with Crippen molar-refractivity contribution in [2.24, 2.45) is 5.10 Å². The summed E-state index contributed by atoms with van der Waals surface area (Å²) in [6.45, 7) is 4.49. The average molecular weight is 278 g/mol. The topological polar surface area (TPSA) is 69.2 Å². The Hall–Kier alpha value is -2.24. The minimum atomic E-state index is -0.620. The Labute approximate surface area is 117 Å². The maximum absolute atomic E-state index is 10.9. The molecule has 0 radical (unpaired) electrons. The molecule has 0 saturated heterocycles. The van der Waals surface area contributed by atoms with Crippen molar-refractivity contribution < 1.29 is 19.0 Å². The third-order valence-corrected chi connectivity index (χ3v) is 2.87. The number of nitrogens with one attached hydrogen (secondary N) is 1. The van der Waals surface area contributed by atoms with E-state index in [0.717, 1.165) is 29.0 Å². The lowest BCUT2D eigenvalue weighted by Gasteiger charge is -2.09. The molecule has 0 spiro atoms. The van der Waals surface area contributed by atoms with Gasteiger partial charge < -0.3 is 14.2 Å². The summed E-state index contributed by atoms with van der Waals surface area (Å²) < 4.78 is 15.7. The normalized spacial score (nSPS) is 16.6. The molecule has 6 nitrogen and oxygen atoms in total. The average Bonchev–Trinajstić information content (AvgIpc) is 2.78. The van der Waals surface area contributed by atoms with Gasteiger partial charge in [-0.05, 0) is 26.0 Å². The van der Waals surface area contributed by atoms with Gasteiger partial charge in [-0.15, -0.1) is 0 Å². The highest BCUT2D eigenvalue weighted by Gasteiger charge is 2.21. The standard InChI is InChI=1S/C14H18N2O4/c1-4-19-12-6-10-5-9(2)20-13(10)7-11(12)8-15-16-14(17)18-3/h6-9H,4-5H2,1-3H3,(H,16,17)/b15-8-/t9-/m1/s1. The van der Waals surface area contributed by atoms with Crippen LogP contribution in [0.1, 0.15) is 25.0 Å². The minimum absolute atomic E-state index is 0.167. The molecule has 108 valence electrons. The maximum Gasteiger partial charge on any atom is 0.427 e. The molecule has 1 aromatic carbocycles. The number of carbonyl (C=O) groups excluding carboxylic acids is 1. The van der Waals surface area contributed by atoms with Crippen LogP contribution in [0.15, 0.2) is 17.2 Å². The summed E-state index contributed by atoms with van der Waals surface area (Å²) in [7, 11) is 1.28. The minimum Gasteiger partial charge on any atom is -0.493 e. The first-order valence-corrected chi connectivity index (χ1v) is 6.47. The van der Waals surface area contributed by atoms with E-state index in [2.05, 4.69) is 15.3 Å². The number of amides is 1. The third kappa shape index (κ3) is 3.20. The molecule has 0 aliphatic carbocycles. The van der Waals surface area contributed by atoms with E-state index >= 15 is 0 Å². The van der Waals surface area contributed by atoms with Crippen molar-refractivity contribution in [3.63, 3.8) is 0 Å². The number of rotatable bonds is 4. The Morgan fingerprint density at radius 2 is 2.40 bits per heavy atom. The van der Waals surface area contributed by atoms with E-state index in [-0.39, 0.29) is 6.10 Å². The van der Waals surface area contributed by atoms with Crippen molar-refractivity contribution in [2.75, 3.05) is 13.7 Å². The van der Waals surface area contributed by atoms with Gasteiger partial charge in [0.05, 0.1) is 19.9 Å². The predicted molar refractivity (Wildman–Crippen MR) is 74.5 cm³/mol. The second-order valence-electron chi connectivity index (χ2n) is 4.42. The zero-order valence-electron chi connectivity index (χ0n) is 11.8. The molecule has 0 fully saturated rings. The second kappa shape index (κ2) is 6.27. The third-order valence-electron chi connectivity index (χ3n) is 2.87. The van der Waals surface area contributed by atoms with Crippen LogP contribution in [0.5, 0.6) is 11.5 Å². The summed E-state index contributed by atoms with van der Waals surface area (Å²) in [6, 6.07) is 3.83. The van der Waals surface area contributed by atoms with Gasteiger partial charge in [0.15, 0.2) is 0 Å². The Bertz CT molecular complexity index is 528. The van der Waals surface area contributed by atoms with Gasteiger partial charge in [0.2, 0.25) is 0 Å². The fraction of sp³-hybridized carbons (Fsp3) is 0.429. The van der Waals surface area contributed by atoms with Crippen molar-refractivity contribution in [2.45, 2.75) is 26.4 Å². The predicted octanol–water partition coefficient (Wildman–Crippen LogP) is 2.10. The summed E-state index contributed by atoms with van der Waals surface area (Å²) in [5.74, 6) is 1.56. The monoisotopic (exact) mass is 278 g/mol. The largest absolute Gasteiger partial charge is 0.493 e. The first-order chi connectivity index (χ1) is 9.63. The molecule has 1 heterocycles. The molecule has 1 aromatic rings. The molecule has 1 N–H and O–H groups in total. The quantitative estimate of drug-likeness (QED) is 0.676. The highest BCUT2D eigenvalue weighted by Crippen LogP contribution is 2.34. The number of carbonyl (C=O) groups is 1. The van der Waals surface area contributed by atoms with Gasteiger partial charge in [0, 0.05) is 17.5 Å². The van der Waals surface area contributed by atoms with Crippen LogP contribution >= 0.6 is 0 Å². The number of hydrogen-bond donors (Lipinski definition) is 1. The van der Waals surface area contributed by atoms with Crippen molar-refractivity contribution in [1.82, 2.24) is 5.43 Å². The van der Waals surface area contributed by atoms with Crippen LogP contribution in [0.2, 0.25) is 0 Å². The number of ether oxygens (including phenoxy) is 3. The summed E-state index contributed by atoms with van der Waals surface area (Å²) in [4.78, 5) is 10.9. The van der Waals surface area contributed by atoms with E-state index in [1.807, 2.05) is 26.0 Å². The molecular weight excluding hydrogens is 260 g/mol. The van der Waals surface area contributed by atoms with E-state index < -0.39 is 6.09 Å². The maximum atomic E-state index is 10.9. The van der Waals surface area contributed by atoms with Gasteiger partial charge in [-0.3, -0.25) is 0 Å². The highest BCUT2D eigenvalue weighted by molar-refractivity contribution is 5.85. The number of nitrogens with zero attached hydrogens (tertiary/aromatic N) is 1. The van der Waals surface area contributed by atoms with E-state index in [0.29, 0.717) is 6.61 Å². The lowest BCUT2D eigenvalue weighted by atomic mass is 10.1. The second-order valence-corrected chi connectivity index (χ2v) is 4.42. The molecule has 1 amide bonds. The van der Waals surface area contributed by atoms with E-state index in [1.54, 1.807) is 0 Å². The van der Waals surface area contributed by atoms with E-state index in [4.69, 9.17) is 9.47 Å². The van der Waals surface area contributed by atoms with Crippen LogP contribution in [-0.2, 0) is 11.2 Å². The molecule has 2 rings (SSSR count). The van der Waals surface area contributed by atoms with Crippen LogP contribution in [0, 0.1) is 0 Å². The summed E-state index contributed by atoms with van der Waals surface area (Å²) in [6.07, 6.45) is 1.92. The van der Waals surface area contributed by atoms with Crippen LogP contribution < -0.4 is 14.9 Å². The SMILES string of the molecule is CCOc1cc2c(cc1/C=N\NC(=O)OC)O[C@H](C)C2. The number of methoxy groups -OCH3 is 1. The zero-order valence-corrected chi connectivity index (χ0v) is 11.8. The molecule has 0 unspecified atom stereocenters. The summed E-state index contributed by atoms with van der Waals surface area (Å²) >= 11 is 0. The van der Waals surface area contributed by atoms with Crippen LogP contribution in [0.4, 0.5) is 4.79 Å². The number of benzene rings is 1. The Balaban J connectivity index is 2.22. The zero-order chi connectivity index (χ0) is 14.5. The molecule has 0 aromatic heterocycles. The first kappa shape index (κ1) is 14.2. The Morgan fingerprint density at radius 1 is 1.60 bits per heavy atom. The van der Waals surface area contributed by atoms with Gasteiger partial charge >= 0.3 is 6.09 Å². The van der Waals surface area contributed by atoms with Crippen molar-refractivity contribution in [3.8, 4) is 11.5 Å². The van der Waals surface area contributed by atoms with Gasteiger partial charge in [0.25, 0.3) is 0 Å². The number of fused-ring (bicyclic) bond motifs is 1. The van der Waals surface area contributed by atoms with Crippen molar-refractivity contribution in [3.05, 3.63) is 23.3 Å². The summed E-state index contributed by atoms with van der Waals surface area (Å²) in [5, 5.41) is 3.81. The smallest absolute Gasteiger partial charge is 0.427 e. The molecular formula is C14H18N2O4. The number of hydrogen-bond acceptors (Lipinski definition) is 5. The molecule has 0 saturated carbocycles. The van der Waals surface area contributed by atoms with Crippen LogP contribution in [-0.4, -0.2) is 32.1 Å². The first-order valence-electron chi connectivity index (χ1n) is 6.47. The van der Waals surface area contributed by atoms with E-state index in [1.165, 1.54) is 13.3 Å². The Kier molecular flexibility index (Phi) is 4.45. The van der Waals surface area contributed by atoms with Gasteiger partial charge in [-0.1, -0.05) is 0 Å². The van der Waals surface area contributed by atoms with Crippen molar-refractivity contribution >= 4 is 12.3 Å². The fourth-order valence-electron chi connectivity index (χ4n) is 2.04. The Morgan fingerprint density at radius 3 is 3.10 bits per heavy atom. The molecule has 0 bridgehead atoms. The lowest BCUT2D eigenvalue weighted by molar-refractivity contribution is 0.171. The molecule has 20 heavy (non-hydrogen) atoms. The van der Waals surface area contributed by atoms with Crippen LogP contribution in [0.3, 0.4) is 0 Å². The summed E-state index contributed by atoms with van der Waals surface area (Å²) in [5.41, 5.74) is 4.11. The molecule has 1 aliphatic rings. The fourth-order valence-corrected chi connectivity index (χ4v) is 2.04.